The Balaban J connectivity index is 2.67. The molecule has 0 N–H and O–H groups in total. The van der Waals surface area contributed by atoms with Crippen molar-refractivity contribution in [3.8, 4) is 0 Å². The number of rotatable bonds is 1. The fourth-order valence-corrected chi connectivity index (χ4v) is 2.70. The van der Waals surface area contributed by atoms with Crippen molar-refractivity contribution in [3.63, 3.8) is 0 Å². The predicted molar refractivity (Wildman–Crippen MR) is 50.0 cm³/mol. The summed E-state index contributed by atoms with van der Waals surface area (Å²) in [6, 6.07) is 0. The summed E-state index contributed by atoms with van der Waals surface area (Å²) in [4.78, 5) is 12.5. The quantitative estimate of drug-likeness (QED) is 0.613. The van der Waals surface area contributed by atoms with E-state index in [2.05, 4.69) is 0 Å². The third-order valence-electron chi connectivity index (χ3n) is 2.22. The van der Waals surface area contributed by atoms with Gasteiger partial charge in [0.2, 0.25) is 15.0 Å². The van der Waals surface area contributed by atoms with Gasteiger partial charge in [0.15, 0.2) is 0 Å². The molecule has 1 atom stereocenters. The Morgan fingerprint density at radius 3 is 2.62 bits per heavy atom. The number of amides is 1. The second-order valence-electron chi connectivity index (χ2n) is 3.20. The molecule has 1 saturated heterocycles. The van der Waals surface area contributed by atoms with Gasteiger partial charge in [-0.05, 0) is 12.8 Å². The summed E-state index contributed by atoms with van der Waals surface area (Å²) >= 11 is 0. The number of carbonyl (C=O) groups excluding carboxylic acids is 1. The second kappa shape index (κ2) is 3.84. The van der Waals surface area contributed by atoms with Crippen molar-refractivity contribution in [1.82, 2.24) is 4.90 Å². The fourth-order valence-electron chi connectivity index (χ4n) is 1.45. The van der Waals surface area contributed by atoms with E-state index in [-0.39, 0.29) is 12.5 Å². The van der Waals surface area contributed by atoms with E-state index >= 15 is 0 Å². The molecule has 1 heterocycles. The van der Waals surface area contributed by atoms with E-state index in [1.165, 1.54) is 11.8 Å². The lowest BCUT2D eigenvalue weighted by molar-refractivity contribution is -0.129. The number of piperidine rings is 1. The molecule has 0 aliphatic carbocycles. The Kier molecular flexibility index (Phi) is 3.18. The Labute approximate surface area is 82.3 Å². The van der Waals surface area contributed by atoms with E-state index in [0.717, 1.165) is 0 Å². The van der Waals surface area contributed by atoms with Crippen LogP contribution in [-0.2, 0) is 13.8 Å². The van der Waals surface area contributed by atoms with E-state index in [1.54, 1.807) is 0 Å². The van der Waals surface area contributed by atoms with E-state index in [9.17, 15) is 13.2 Å². The van der Waals surface area contributed by atoms with E-state index in [1.807, 2.05) is 0 Å². The highest BCUT2D eigenvalue weighted by molar-refractivity contribution is 8.14. The molecule has 76 valence electrons. The molecule has 0 unspecified atom stereocenters. The van der Waals surface area contributed by atoms with Crippen molar-refractivity contribution >= 4 is 25.6 Å². The third kappa shape index (κ3) is 2.84. The van der Waals surface area contributed by atoms with E-state index < -0.39 is 14.3 Å². The van der Waals surface area contributed by atoms with Crippen molar-refractivity contribution in [2.24, 2.45) is 0 Å². The molecular weight excluding hydrogens is 214 g/mol. The Morgan fingerprint density at radius 2 is 2.15 bits per heavy atom. The summed E-state index contributed by atoms with van der Waals surface area (Å²) < 4.78 is 22.0. The molecule has 0 saturated carbocycles. The maximum atomic E-state index is 11.0. The second-order valence-corrected chi connectivity index (χ2v) is 6.11. The monoisotopic (exact) mass is 225 g/mol. The number of carbonyl (C=O) groups is 1. The van der Waals surface area contributed by atoms with Gasteiger partial charge in [-0.3, -0.25) is 4.79 Å². The lowest BCUT2D eigenvalue weighted by atomic mass is 10.1. The molecule has 0 radical (unpaired) electrons. The smallest absolute Gasteiger partial charge is 0.237 e. The SMILES string of the molecule is CC(=O)N1CCC[C@@H](S(=O)(=O)Cl)C1. The zero-order valence-corrected chi connectivity index (χ0v) is 8.94. The van der Waals surface area contributed by atoms with Gasteiger partial charge >= 0.3 is 0 Å². The van der Waals surface area contributed by atoms with Crippen LogP contribution in [-0.4, -0.2) is 37.6 Å². The van der Waals surface area contributed by atoms with Crippen molar-refractivity contribution in [3.05, 3.63) is 0 Å². The normalized spacial score (nSPS) is 24.5. The molecule has 4 nitrogen and oxygen atoms in total. The van der Waals surface area contributed by atoms with E-state index in [4.69, 9.17) is 10.7 Å². The predicted octanol–water partition coefficient (Wildman–Crippen LogP) is 0.566. The summed E-state index contributed by atoms with van der Waals surface area (Å²) in [6.45, 7) is 2.31. The van der Waals surface area contributed by atoms with E-state index in [0.29, 0.717) is 19.4 Å². The number of halogens is 1. The molecule has 1 aliphatic rings. The van der Waals surface area contributed by atoms with Gasteiger partial charge in [-0.15, -0.1) is 0 Å². The van der Waals surface area contributed by atoms with Crippen molar-refractivity contribution < 1.29 is 13.2 Å². The maximum absolute atomic E-state index is 11.0. The molecule has 1 amide bonds. The van der Waals surface area contributed by atoms with Crippen LogP contribution >= 0.6 is 10.7 Å². The van der Waals surface area contributed by atoms with Gasteiger partial charge in [0.25, 0.3) is 0 Å². The van der Waals surface area contributed by atoms with Crippen LogP contribution in [0.1, 0.15) is 19.8 Å². The average molecular weight is 226 g/mol. The van der Waals surface area contributed by atoms with Crippen LogP contribution < -0.4 is 0 Å². The molecule has 0 bridgehead atoms. The van der Waals surface area contributed by atoms with Crippen molar-refractivity contribution in [1.29, 1.82) is 0 Å². The highest BCUT2D eigenvalue weighted by Crippen LogP contribution is 2.19. The molecule has 0 aromatic carbocycles. The van der Waals surface area contributed by atoms with Crippen LogP contribution in [0, 0.1) is 0 Å². The number of likely N-dealkylation sites (tertiary alicyclic amines) is 1. The molecule has 0 spiro atoms. The first-order chi connectivity index (χ1) is 5.91. The summed E-state index contributed by atoms with van der Waals surface area (Å²) in [5.74, 6) is -0.0926. The Bertz CT molecular complexity index is 301. The summed E-state index contributed by atoms with van der Waals surface area (Å²) in [6.07, 6.45) is 1.26. The topological polar surface area (TPSA) is 54.5 Å². The van der Waals surface area contributed by atoms with Crippen LogP contribution in [0.15, 0.2) is 0 Å². The van der Waals surface area contributed by atoms with Crippen LogP contribution in [0.5, 0.6) is 0 Å². The first-order valence-corrected chi connectivity index (χ1v) is 6.47. The molecule has 13 heavy (non-hydrogen) atoms. The van der Waals surface area contributed by atoms with Gasteiger partial charge in [-0.25, -0.2) is 8.42 Å². The summed E-state index contributed by atoms with van der Waals surface area (Å²) in [7, 11) is 1.70. The number of hydrogen-bond acceptors (Lipinski definition) is 3. The minimum absolute atomic E-state index is 0.0926. The maximum Gasteiger partial charge on any atom is 0.237 e. The molecular formula is C7H12ClNO3S. The third-order valence-corrected chi connectivity index (χ3v) is 4.16. The molecule has 1 rings (SSSR count). The van der Waals surface area contributed by atoms with Crippen LogP contribution in [0.3, 0.4) is 0 Å². The number of nitrogens with zero attached hydrogens (tertiary/aromatic N) is 1. The van der Waals surface area contributed by atoms with Crippen LogP contribution in [0.25, 0.3) is 0 Å². The number of hydrogen-bond donors (Lipinski definition) is 0. The Hall–Kier alpha value is -0.290. The van der Waals surface area contributed by atoms with Crippen LogP contribution in [0.4, 0.5) is 0 Å². The minimum Gasteiger partial charge on any atom is -0.342 e. The largest absolute Gasteiger partial charge is 0.342 e. The molecule has 1 fully saturated rings. The van der Waals surface area contributed by atoms with Crippen molar-refractivity contribution in [2.45, 2.75) is 25.0 Å². The zero-order valence-electron chi connectivity index (χ0n) is 7.36. The molecule has 6 heteroatoms. The molecule has 1 aliphatic heterocycles. The van der Waals surface area contributed by atoms with Gasteiger partial charge in [0.1, 0.15) is 0 Å². The molecule has 0 aromatic rings. The Morgan fingerprint density at radius 1 is 1.54 bits per heavy atom. The van der Waals surface area contributed by atoms with Gasteiger partial charge in [-0.1, -0.05) is 0 Å². The highest BCUT2D eigenvalue weighted by Gasteiger charge is 2.29. The molecule has 0 aromatic heterocycles. The van der Waals surface area contributed by atoms with Gasteiger partial charge in [-0.2, -0.15) is 0 Å². The first kappa shape index (κ1) is 10.8. The minimum atomic E-state index is -3.51. The average Bonchev–Trinajstić information content (AvgIpc) is 2.03. The lowest BCUT2D eigenvalue weighted by Crippen LogP contribution is -2.43. The van der Waals surface area contributed by atoms with Gasteiger partial charge in [0, 0.05) is 30.7 Å². The summed E-state index contributed by atoms with van der Waals surface area (Å²) in [5, 5.41) is -0.591. The van der Waals surface area contributed by atoms with Gasteiger partial charge in [0.05, 0.1) is 5.25 Å². The highest BCUT2D eigenvalue weighted by atomic mass is 35.7. The van der Waals surface area contributed by atoms with Crippen LogP contribution in [0.2, 0.25) is 0 Å². The standard InChI is InChI=1S/C7H12ClNO3S/c1-6(10)9-4-2-3-7(5-9)13(8,11)12/h7H,2-5H2,1H3/t7-/m1/s1. The fraction of sp³-hybridized carbons (Fsp3) is 0.857. The lowest BCUT2D eigenvalue weighted by Gasteiger charge is -2.30. The zero-order chi connectivity index (χ0) is 10.1. The van der Waals surface area contributed by atoms with Gasteiger partial charge < -0.3 is 4.90 Å². The summed E-state index contributed by atoms with van der Waals surface area (Å²) in [5.41, 5.74) is 0. The van der Waals surface area contributed by atoms with Crippen molar-refractivity contribution in [2.75, 3.05) is 13.1 Å². The first-order valence-electron chi connectivity index (χ1n) is 4.10.